The maximum absolute atomic E-state index is 12.4. The van der Waals surface area contributed by atoms with Crippen LogP contribution in [0.2, 0.25) is 0 Å². The predicted molar refractivity (Wildman–Crippen MR) is 112 cm³/mol. The smallest absolute Gasteiger partial charge is 0.338 e. The number of rotatable bonds is 8. The Kier molecular flexibility index (Phi) is 6.82. The maximum atomic E-state index is 12.4. The minimum atomic E-state index is -3.78. The van der Waals surface area contributed by atoms with Crippen molar-refractivity contribution < 1.29 is 22.7 Å². The van der Waals surface area contributed by atoms with E-state index < -0.39 is 28.5 Å². The summed E-state index contributed by atoms with van der Waals surface area (Å²) in [4.78, 5) is 23.9. The van der Waals surface area contributed by atoms with Crippen molar-refractivity contribution in [3.8, 4) is 0 Å². The number of hydrogen-bond donors (Lipinski definition) is 2. The Morgan fingerprint density at radius 3 is 2.03 bits per heavy atom. The topological polar surface area (TPSA) is 102 Å². The average molecular weight is 424 g/mol. The highest BCUT2D eigenvalue weighted by Gasteiger charge is 2.16. The van der Waals surface area contributed by atoms with Gasteiger partial charge in [-0.1, -0.05) is 48.5 Å². The molecular formula is C22H20N2O5S. The molecule has 0 saturated heterocycles. The molecule has 3 rings (SSSR count). The Hall–Kier alpha value is -3.65. The van der Waals surface area contributed by atoms with Gasteiger partial charge in [0.15, 0.2) is 6.61 Å². The first kappa shape index (κ1) is 21.1. The van der Waals surface area contributed by atoms with Crippen LogP contribution in [0.15, 0.2) is 89.8 Å². The van der Waals surface area contributed by atoms with Crippen LogP contribution in [0.5, 0.6) is 0 Å². The molecule has 1 amide bonds. The molecule has 0 spiro atoms. The molecule has 3 aromatic rings. The van der Waals surface area contributed by atoms with Crippen molar-refractivity contribution in [2.24, 2.45) is 0 Å². The zero-order valence-corrected chi connectivity index (χ0v) is 16.8. The third kappa shape index (κ3) is 5.92. The van der Waals surface area contributed by atoms with Crippen molar-refractivity contribution >= 4 is 27.6 Å². The molecule has 0 unspecified atom stereocenters. The van der Waals surface area contributed by atoms with Gasteiger partial charge in [0.2, 0.25) is 0 Å². The molecule has 30 heavy (non-hydrogen) atoms. The quantitative estimate of drug-likeness (QED) is 0.542. The van der Waals surface area contributed by atoms with Gasteiger partial charge in [0, 0.05) is 12.2 Å². The van der Waals surface area contributed by atoms with Crippen molar-refractivity contribution in [2.45, 2.75) is 11.4 Å². The second kappa shape index (κ2) is 9.71. The molecule has 0 radical (unpaired) electrons. The van der Waals surface area contributed by atoms with E-state index in [1.54, 1.807) is 30.3 Å². The number of hydrogen-bond acceptors (Lipinski definition) is 5. The number of anilines is 1. The molecule has 0 fully saturated rings. The summed E-state index contributed by atoms with van der Waals surface area (Å²) in [6, 6.07) is 23.1. The summed E-state index contributed by atoms with van der Waals surface area (Å²) < 4.78 is 32.3. The molecule has 154 valence electrons. The van der Waals surface area contributed by atoms with Crippen LogP contribution in [-0.2, 0) is 26.1 Å². The van der Waals surface area contributed by atoms with Crippen LogP contribution >= 0.6 is 0 Å². The van der Waals surface area contributed by atoms with Crippen molar-refractivity contribution in [3.05, 3.63) is 96.1 Å². The fourth-order valence-electron chi connectivity index (χ4n) is 2.55. The Morgan fingerprint density at radius 2 is 1.40 bits per heavy atom. The first-order chi connectivity index (χ1) is 14.4. The molecule has 3 aromatic carbocycles. The number of nitrogens with one attached hydrogen (secondary N) is 2. The third-order valence-electron chi connectivity index (χ3n) is 4.09. The second-order valence-electron chi connectivity index (χ2n) is 6.33. The molecule has 0 atom stereocenters. The SMILES string of the molecule is O=C(COC(=O)c1ccc(S(=O)(=O)Nc2ccccc2)cc1)NCc1ccccc1. The van der Waals surface area contributed by atoms with Crippen LogP contribution in [0, 0.1) is 0 Å². The molecule has 0 aliphatic rings. The lowest BCUT2D eigenvalue weighted by atomic mass is 10.2. The number of carbonyl (C=O) groups is 2. The molecule has 0 saturated carbocycles. The number of benzene rings is 3. The van der Waals surface area contributed by atoms with Crippen LogP contribution in [0.3, 0.4) is 0 Å². The van der Waals surface area contributed by atoms with E-state index in [1.807, 2.05) is 30.3 Å². The largest absolute Gasteiger partial charge is 0.452 e. The van der Waals surface area contributed by atoms with Gasteiger partial charge in [-0.2, -0.15) is 0 Å². The van der Waals surface area contributed by atoms with Gasteiger partial charge in [0.05, 0.1) is 10.5 Å². The molecule has 0 aromatic heterocycles. The normalized spacial score (nSPS) is 10.8. The number of sulfonamides is 1. The van der Waals surface area contributed by atoms with E-state index in [-0.39, 0.29) is 10.5 Å². The van der Waals surface area contributed by atoms with E-state index in [1.165, 1.54) is 24.3 Å². The molecule has 7 nitrogen and oxygen atoms in total. The van der Waals surface area contributed by atoms with E-state index in [9.17, 15) is 18.0 Å². The Morgan fingerprint density at radius 1 is 0.800 bits per heavy atom. The molecule has 0 heterocycles. The lowest BCUT2D eigenvalue weighted by Crippen LogP contribution is -2.28. The van der Waals surface area contributed by atoms with Crippen LogP contribution in [0.25, 0.3) is 0 Å². The Balaban J connectivity index is 1.52. The van der Waals surface area contributed by atoms with Crippen molar-refractivity contribution in [1.29, 1.82) is 0 Å². The zero-order valence-electron chi connectivity index (χ0n) is 15.9. The summed E-state index contributed by atoms with van der Waals surface area (Å²) in [5.74, 6) is -1.15. The highest BCUT2D eigenvalue weighted by atomic mass is 32.2. The van der Waals surface area contributed by atoms with Gasteiger partial charge in [-0.05, 0) is 42.0 Å². The van der Waals surface area contributed by atoms with Crippen LogP contribution < -0.4 is 10.0 Å². The maximum Gasteiger partial charge on any atom is 0.338 e. The van der Waals surface area contributed by atoms with E-state index >= 15 is 0 Å². The van der Waals surface area contributed by atoms with Gasteiger partial charge in [-0.15, -0.1) is 0 Å². The van der Waals surface area contributed by atoms with Gasteiger partial charge in [-0.25, -0.2) is 13.2 Å². The Bertz CT molecular complexity index is 1100. The number of ether oxygens (including phenoxy) is 1. The highest BCUT2D eigenvalue weighted by molar-refractivity contribution is 7.92. The number of carbonyl (C=O) groups excluding carboxylic acids is 2. The standard InChI is InChI=1S/C22H20N2O5S/c25-21(23-15-17-7-3-1-4-8-17)16-29-22(26)18-11-13-20(14-12-18)30(27,28)24-19-9-5-2-6-10-19/h1-14,24H,15-16H2,(H,23,25). The Labute approximate surface area is 174 Å². The van der Waals surface area contributed by atoms with E-state index in [0.717, 1.165) is 5.56 Å². The van der Waals surface area contributed by atoms with Crippen LogP contribution in [0.1, 0.15) is 15.9 Å². The van der Waals surface area contributed by atoms with E-state index in [2.05, 4.69) is 10.0 Å². The molecular weight excluding hydrogens is 404 g/mol. The summed E-state index contributed by atoms with van der Waals surface area (Å²) in [5, 5.41) is 2.65. The average Bonchev–Trinajstić information content (AvgIpc) is 2.77. The van der Waals surface area contributed by atoms with Crippen LogP contribution in [-0.4, -0.2) is 26.9 Å². The fraction of sp³-hybridized carbons (Fsp3) is 0.0909. The monoisotopic (exact) mass is 424 g/mol. The van der Waals surface area contributed by atoms with Gasteiger partial charge in [-0.3, -0.25) is 9.52 Å². The predicted octanol–water partition coefficient (Wildman–Crippen LogP) is 2.96. The van der Waals surface area contributed by atoms with E-state index in [4.69, 9.17) is 4.74 Å². The fourth-order valence-corrected chi connectivity index (χ4v) is 3.61. The van der Waals surface area contributed by atoms with Crippen molar-refractivity contribution in [2.75, 3.05) is 11.3 Å². The number of para-hydroxylation sites is 1. The minimum Gasteiger partial charge on any atom is -0.452 e. The first-order valence-electron chi connectivity index (χ1n) is 9.10. The lowest BCUT2D eigenvalue weighted by Gasteiger charge is -2.09. The molecule has 2 N–H and O–H groups in total. The van der Waals surface area contributed by atoms with Gasteiger partial charge >= 0.3 is 5.97 Å². The summed E-state index contributed by atoms with van der Waals surface area (Å²) >= 11 is 0. The van der Waals surface area contributed by atoms with Gasteiger partial charge in [0.25, 0.3) is 15.9 Å². The summed E-state index contributed by atoms with van der Waals surface area (Å²) in [5.41, 5.74) is 1.50. The summed E-state index contributed by atoms with van der Waals surface area (Å²) in [6.07, 6.45) is 0. The van der Waals surface area contributed by atoms with Gasteiger partial charge in [0.1, 0.15) is 0 Å². The van der Waals surface area contributed by atoms with Gasteiger partial charge < -0.3 is 10.1 Å². The van der Waals surface area contributed by atoms with Crippen LogP contribution in [0.4, 0.5) is 5.69 Å². The van der Waals surface area contributed by atoms with Crippen molar-refractivity contribution in [1.82, 2.24) is 5.32 Å². The van der Waals surface area contributed by atoms with Crippen molar-refractivity contribution in [3.63, 3.8) is 0 Å². The molecule has 0 aliphatic heterocycles. The lowest BCUT2D eigenvalue weighted by molar-refractivity contribution is -0.124. The second-order valence-corrected chi connectivity index (χ2v) is 8.02. The highest BCUT2D eigenvalue weighted by Crippen LogP contribution is 2.16. The molecule has 8 heteroatoms. The third-order valence-corrected chi connectivity index (χ3v) is 5.49. The summed E-state index contributed by atoms with van der Waals surface area (Å²) in [7, 11) is -3.78. The molecule has 0 bridgehead atoms. The number of esters is 1. The summed E-state index contributed by atoms with van der Waals surface area (Å²) in [6.45, 7) is -0.0977. The number of amides is 1. The zero-order chi connectivity index (χ0) is 21.4. The molecule has 0 aliphatic carbocycles. The minimum absolute atomic E-state index is 0.00325. The first-order valence-corrected chi connectivity index (χ1v) is 10.6. The van der Waals surface area contributed by atoms with E-state index in [0.29, 0.717) is 12.2 Å².